The summed E-state index contributed by atoms with van der Waals surface area (Å²) in [4.78, 5) is 30.3. The van der Waals surface area contributed by atoms with Gasteiger partial charge in [0.25, 0.3) is 5.91 Å². The average Bonchev–Trinajstić information content (AvgIpc) is 2.90. The monoisotopic (exact) mass is 466 g/mol. The van der Waals surface area contributed by atoms with Gasteiger partial charge in [-0.15, -0.1) is 0 Å². The van der Waals surface area contributed by atoms with Gasteiger partial charge in [-0.3, -0.25) is 9.69 Å². The van der Waals surface area contributed by atoms with E-state index in [1.807, 2.05) is 0 Å². The number of halogens is 4. The number of rotatable bonds is 3. The summed E-state index contributed by atoms with van der Waals surface area (Å²) in [7, 11) is 1.09. The fourth-order valence-corrected chi connectivity index (χ4v) is 3.78. The van der Waals surface area contributed by atoms with Crippen LogP contribution in [0.3, 0.4) is 0 Å². The number of benzene rings is 1. The highest BCUT2D eigenvalue weighted by atomic mass is 32.1. The number of nitriles is 1. The van der Waals surface area contributed by atoms with E-state index >= 15 is 0 Å². The second-order valence-corrected chi connectivity index (χ2v) is 7.54. The topological polar surface area (TPSA) is 86.5 Å². The smallest absolute Gasteiger partial charge is 0.419 e. The number of ether oxygens (including phenoxy) is 1. The molecule has 0 saturated carbocycles. The first-order valence-electron chi connectivity index (χ1n) is 8.88. The zero-order valence-corrected chi connectivity index (χ0v) is 17.6. The maximum Gasteiger partial charge on any atom is 0.419 e. The molecular formula is C20H14F4N4O3S. The molecule has 0 bridgehead atoms. The lowest BCUT2D eigenvalue weighted by Gasteiger charge is -2.29. The van der Waals surface area contributed by atoms with Gasteiger partial charge in [0.05, 0.1) is 30.1 Å². The Morgan fingerprint density at radius 1 is 1.25 bits per heavy atom. The van der Waals surface area contributed by atoms with Crippen LogP contribution in [-0.2, 0) is 15.7 Å². The number of alkyl halides is 3. The van der Waals surface area contributed by atoms with Gasteiger partial charge >= 0.3 is 12.1 Å². The van der Waals surface area contributed by atoms with Crippen LogP contribution in [0.4, 0.5) is 28.9 Å². The largest absolute Gasteiger partial charge is 0.465 e. The number of amides is 1. The third-order valence-electron chi connectivity index (χ3n) is 4.83. The molecule has 1 fully saturated rings. The molecular weight excluding hydrogens is 452 g/mol. The molecule has 0 atom stereocenters. The van der Waals surface area contributed by atoms with Gasteiger partial charge in [-0.05, 0) is 50.3 Å². The normalized spacial score (nSPS) is 15.7. The Morgan fingerprint density at radius 2 is 1.91 bits per heavy atom. The van der Waals surface area contributed by atoms with E-state index in [9.17, 15) is 27.2 Å². The standard InChI is InChI=1S/C20H14F4N4O3S/c1-19(2)17(30)27(11-6-13(20(22,23)24)15(8-25)26-9-11)18(32)28(19)10-4-5-12(14(21)7-10)16(29)31-3/h4-7,9H,1-3H3. The number of anilines is 2. The maximum absolute atomic E-state index is 14.5. The Kier molecular flexibility index (Phi) is 5.65. The molecule has 1 saturated heterocycles. The molecule has 1 aromatic heterocycles. The predicted molar refractivity (Wildman–Crippen MR) is 108 cm³/mol. The molecule has 1 aliphatic heterocycles. The van der Waals surface area contributed by atoms with Gasteiger partial charge in [-0.1, -0.05) is 0 Å². The molecule has 1 aromatic carbocycles. The summed E-state index contributed by atoms with van der Waals surface area (Å²) in [5, 5.41) is 8.69. The maximum atomic E-state index is 14.5. The molecule has 0 spiro atoms. The fourth-order valence-electron chi connectivity index (χ4n) is 3.26. The number of pyridine rings is 1. The Labute approximate surface area is 184 Å². The van der Waals surface area contributed by atoms with Crippen LogP contribution in [0.1, 0.15) is 35.5 Å². The molecule has 32 heavy (non-hydrogen) atoms. The average molecular weight is 466 g/mol. The first-order chi connectivity index (χ1) is 14.8. The van der Waals surface area contributed by atoms with Gasteiger partial charge in [0.2, 0.25) is 0 Å². The molecule has 0 unspecified atom stereocenters. The van der Waals surface area contributed by atoms with Crippen molar-refractivity contribution in [2.45, 2.75) is 25.6 Å². The minimum atomic E-state index is -4.89. The lowest BCUT2D eigenvalue weighted by atomic mass is 10.0. The van der Waals surface area contributed by atoms with Crippen molar-refractivity contribution < 1.29 is 31.9 Å². The summed E-state index contributed by atoms with van der Waals surface area (Å²) in [6.07, 6.45) is -3.96. The van der Waals surface area contributed by atoms with Crippen molar-refractivity contribution >= 4 is 40.6 Å². The van der Waals surface area contributed by atoms with E-state index in [-0.39, 0.29) is 22.1 Å². The van der Waals surface area contributed by atoms with Crippen molar-refractivity contribution in [2.24, 2.45) is 0 Å². The second-order valence-electron chi connectivity index (χ2n) is 7.17. The first kappa shape index (κ1) is 23.1. The number of hydrogen-bond acceptors (Lipinski definition) is 6. The van der Waals surface area contributed by atoms with Crippen LogP contribution in [-0.4, -0.2) is 34.6 Å². The number of carbonyl (C=O) groups is 2. The van der Waals surface area contributed by atoms with Crippen LogP contribution in [0.15, 0.2) is 30.5 Å². The van der Waals surface area contributed by atoms with Crippen molar-refractivity contribution in [1.82, 2.24) is 4.98 Å². The van der Waals surface area contributed by atoms with E-state index in [0.717, 1.165) is 30.3 Å². The molecule has 0 aliphatic carbocycles. The number of carbonyl (C=O) groups excluding carboxylic acids is 2. The highest BCUT2D eigenvalue weighted by molar-refractivity contribution is 7.81. The zero-order chi connectivity index (χ0) is 24.0. The van der Waals surface area contributed by atoms with E-state index in [4.69, 9.17) is 17.5 Å². The van der Waals surface area contributed by atoms with Crippen molar-refractivity contribution in [3.8, 4) is 6.07 Å². The minimum absolute atomic E-state index is 0.0960. The van der Waals surface area contributed by atoms with Crippen molar-refractivity contribution in [2.75, 3.05) is 16.9 Å². The summed E-state index contributed by atoms with van der Waals surface area (Å²) < 4.78 is 59.0. The van der Waals surface area contributed by atoms with Crippen LogP contribution in [0.5, 0.6) is 0 Å². The van der Waals surface area contributed by atoms with Crippen molar-refractivity contribution in [3.63, 3.8) is 0 Å². The Bertz CT molecular complexity index is 1190. The third kappa shape index (κ3) is 3.64. The molecule has 0 radical (unpaired) electrons. The van der Waals surface area contributed by atoms with Gasteiger partial charge in [-0.25, -0.2) is 14.2 Å². The number of aromatic nitrogens is 1. The van der Waals surface area contributed by atoms with Gasteiger partial charge in [0.15, 0.2) is 10.8 Å². The lowest BCUT2D eigenvalue weighted by molar-refractivity contribution is -0.138. The van der Waals surface area contributed by atoms with Gasteiger partial charge in [-0.2, -0.15) is 18.4 Å². The molecule has 12 heteroatoms. The SMILES string of the molecule is COC(=O)c1ccc(N2C(=S)N(c3cnc(C#N)c(C(F)(F)F)c3)C(=O)C2(C)C)cc1F. The first-order valence-corrected chi connectivity index (χ1v) is 9.29. The summed E-state index contributed by atoms with van der Waals surface area (Å²) in [5.74, 6) is -2.53. The van der Waals surface area contributed by atoms with Crippen molar-refractivity contribution in [3.05, 3.63) is 53.1 Å². The number of methoxy groups -OCH3 is 1. The van der Waals surface area contributed by atoms with Gasteiger partial charge in [0.1, 0.15) is 17.4 Å². The molecule has 0 N–H and O–H groups in total. The number of esters is 1. The van der Waals surface area contributed by atoms with Crippen LogP contribution in [0.2, 0.25) is 0 Å². The molecule has 2 aromatic rings. The highest BCUT2D eigenvalue weighted by Crippen LogP contribution is 2.39. The Morgan fingerprint density at radius 3 is 2.44 bits per heavy atom. The number of nitrogens with zero attached hydrogens (tertiary/aromatic N) is 4. The van der Waals surface area contributed by atoms with Gasteiger partial charge in [0, 0.05) is 5.69 Å². The quantitative estimate of drug-likeness (QED) is 0.386. The minimum Gasteiger partial charge on any atom is -0.465 e. The van der Waals surface area contributed by atoms with E-state index in [0.29, 0.717) is 6.07 Å². The summed E-state index contributed by atoms with van der Waals surface area (Å²) in [6.45, 7) is 2.91. The molecule has 3 rings (SSSR count). The van der Waals surface area contributed by atoms with Crippen LogP contribution in [0.25, 0.3) is 0 Å². The zero-order valence-electron chi connectivity index (χ0n) is 16.8. The third-order valence-corrected chi connectivity index (χ3v) is 5.19. The summed E-state index contributed by atoms with van der Waals surface area (Å²) in [6, 6.07) is 5.41. The molecule has 166 valence electrons. The van der Waals surface area contributed by atoms with Crippen LogP contribution in [0, 0.1) is 17.1 Å². The molecule has 1 aliphatic rings. The Balaban J connectivity index is 2.10. The van der Waals surface area contributed by atoms with Crippen molar-refractivity contribution in [1.29, 1.82) is 5.26 Å². The number of hydrogen-bond donors (Lipinski definition) is 0. The van der Waals surface area contributed by atoms with E-state index in [1.54, 1.807) is 0 Å². The Hall–Kier alpha value is -3.59. The lowest BCUT2D eigenvalue weighted by Crippen LogP contribution is -2.44. The summed E-state index contributed by atoms with van der Waals surface area (Å²) >= 11 is 5.34. The molecule has 2 heterocycles. The number of thiocarbonyl (C=S) groups is 1. The van der Waals surface area contributed by atoms with Crippen LogP contribution >= 0.6 is 12.2 Å². The van der Waals surface area contributed by atoms with Crippen LogP contribution < -0.4 is 9.80 Å². The second kappa shape index (κ2) is 7.83. The van der Waals surface area contributed by atoms with E-state index in [2.05, 4.69) is 9.72 Å². The predicted octanol–water partition coefficient (Wildman–Crippen LogP) is 3.81. The summed E-state index contributed by atoms with van der Waals surface area (Å²) in [5.41, 5.74) is -4.13. The highest BCUT2D eigenvalue weighted by Gasteiger charge is 2.51. The molecule has 1 amide bonds. The fraction of sp³-hybridized carbons (Fsp3) is 0.250. The molecule has 7 nitrogen and oxygen atoms in total. The van der Waals surface area contributed by atoms with E-state index < -0.39 is 40.7 Å². The van der Waals surface area contributed by atoms with E-state index in [1.165, 1.54) is 30.9 Å². The van der Waals surface area contributed by atoms with Gasteiger partial charge < -0.3 is 9.64 Å².